The Morgan fingerprint density at radius 3 is 2.61 bits per heavy atom. The van der Waals surface area contributed by atoms with E-state index in [0.717, 1.165) is 16.0 Å². The van der Waals surface area contributed by atoms with Gasteiger partial charge in [-0.15, -0.1) is 0 Å². The van der Waals surface area contributed by atoms with Gasteiger partial charge in [0.1, 0.15) is 6.54 Å². The number of anilines is 1. The van der Waals surface area contributed by atoms with Gasteiger partial charge in [-0.2, -0.15) is 0 Å². The topological polar surface area (TPSA) is 122 Å². The van der Waals surface area contributed by atoms with Gasteiger partial charge in [0.05, 0.1) is 12.0 Å². The summed E-state index contributed by atoms with van der Waals surface area (Å²) in [6, 6.07) is 10.3. The minimum absolute atomic E-state index is 0.0766. The molecule has 1 aliphatic heterocycles. The van der Waals surface area contributed by atoms with Gasteiger partial charge in [-0.3, -0.25) is 19.3 Å². The SMILES string of the molecule is COc1cccc(/C=C2/SC(=O)N(CC(=O)Nc3ccc(C)cc3C)C2=O)c1OCC(=O)O. The molecule has 2 aromatic rings. The predicted octanol–water partition coefficient (Wildman–Crippen LogP) is 3.45. The van der Waals surface area contributed by atoms with Crippen molar-refractivity contribution in [2.75, 3.05) is 25.6 Å². The molecule has 3 amide bonds. The summed E-state index contributed by atoms with van der Waals surface area (Å²) in [7, 11) is 1.40. The fraction of sp³-hybridized carbons (Fsp3) is 0.217. The maximum atomic E-state index is 12.8. The number of nitrogens with zero attached hydrogens (tertiary/aromatic N) is 1. The minimum atomic E-state index is -1.18. The van der Waals surface area contributed by atoms with Crippen LogP contribution in [0.15, 0.2) is 41.3 Å². The first-order valence-corrected chi connectivity index (χ1v) is 10.6. The molecule has 1 fully saturated rings. The smallest absolute Gasteiger partial charge is 0.341 e. The van der Waals surface area contributed by atoms with E-state index < -0.39 is 36.2 Å². The van der Waals surface area contributed by atoms with Crippen LogP contribution in [-0.2, 0) is 14.4 Å². The van der Waals surface area contributed by atoms with Crippen LogP contribution in [0.3, 0.4) is 0 Å². The summed E-state index contributed by atoms with van der Waals surface area (Å²) in [5.74, 6) is -1.91. The molecule has 3 rings (SSSR count). The Labute approximate surface area is 194 Å². The summed E-state index contributed by atoms with van der Waals surface area (Å²) in [5, 5.41) is 11.0. The Morgan fingerprint density at radius 2 is 1.94 bits per heavy atom. The van der Waals surface area contributed by atoms with Crippen LogP contribution >= 0.6 is 11.8 Å². The predicted molar refractivity (Wildman–Crippen MR) is 123 cm³/mol. The number of benzene rings is 2. The normalized spacial score (nSPS) is 14.5. The maximum absolute atomic E-state index is 12.8. The second-order valence-corrected chi connectivity index (χ2v) is 8.19. The molecular formula is C23H22N2O7S. The lowest BCUT2D eigenvalue weighted by Gasteiger charge is -2.14. The van der Waals surface area contributed by atoms with Crippen LogP contribution in [0.1, 0.15) is 16.7 Å². The van der Waals surface area contributed by atoms with E-state index in [9.17, 15) is 19.2 Å². The second kappa shape index (κ2) is 10.2. The number of thioether (sulfide) groups is 1. The van der Waals surface area contributed by atoms with Crippen molar-refractivity contribution in [2.45, 2.75) is 13.8 Å². The zero-order chi connectivity index (χ0) is 24.1. The van der Waals surface area contributed by atoms with Crippen molar-refractivity contribution in [3.63, 3.8) is 0 Å². The number of hydrogen-bond acceptors (Lipinski definition) is 7. The molecule has 172 valence electrons. The van der Waals surface area contributed by atoms with E-state index in [1.807, 2.05) is 26.0 Å². The highest BCUT2D eigenvalue weighted by atomic mass is 32.2. The molecule has 1 saturated heterocycles. The molecule has 0 atom stereocenters. The van der Waals surface area contributed by atoms with Gasteiger partial charge in [0.25, 0.3) is 11.1 Å². The summed E-state index contributed by atoms with van der Waals surface area (Å²) in [6.07, 6.45) is 1.41. The molecule has 1 heterocycles. The molecule has 0 unspecified atom stereocenters. The lowest BCUT2D eigenvalue weighted by atomic mass is 10.1. The Kier molecular flexibility index (Phi) is 7.39. The van der Waals surface area contributed by atoms with Gasteiger partial charge in [0.15, 0.2) is 18.1 Å². The van der Waals surface area contributed by atoms with Crippen molar-refractivity contribution in [3.8, 4) is 11.5 Å². The molecule has 0 bridgehead atoms. The Hall–Kier alpha value is -3.79. The van der Waals surface area contributed by atoms with Crippen LogP contribution in [0.5, 0.6) is 11.5 Å². The summed E-state index contributed by atoms with van der Waals surface area (Å²) in [6.45, 7) is 2.74. The fourth-order valence-electron chi connectivity index (χ4n) is 3.16. The van der Waals surface area contributed by atoms with Crippen molar-refractivity contribution < 1.29 is 33.8 Å². The van der Waals surface area contributed by atoms with Crippen LogP contribution in [0.2, 0.25) is 0 Å². The summed E-state index contributed by atoms with van der Waals surface area (Å²) in [5.41, 5.74) is 2.88. The molecule has 2 aromatic carbocycles. The van der Waals surface area contributed by atoms with E-state index in [2.05, 4.69) is 5.32 Å². The van der Waals surface area contributed by atoms with Crippen LogP contribution in [0.4, 0.5) is 10.5 Å². The van der Waals surface area contributed by atoms with Crippen LogP contribution in [0, 0.1) is 13.8 Å². The number of para-hydroxylation sites is 1. The van der Waals surface area contributed by atoms with Crippen molar-refractivity contribution in [3.05, 3.63) is 58.0 Å². The third-order valence-corrected chi connectivity index (χ3v) is 5.59. The number of nitrogens with one attached hydrogen (secondary N) is 1. The van der Waals surface area contributed by atoms with Crippen LogP contribution in [0.25, 0.3) is 6.08 Å². The number of ether oxygens (including phenoxy) is 2. The van der Waals surface area contributed by atoms with Crippen LogP contribution < -0.4 is 14.8 Å². The Morgan fingerprint density at radius 1 is 1.18 bits per heavy atom. The number of carboxylic acid groups (broad SMARTS) is 1. The van der Waals surface area contributed by atoms with Crippen molar-refractivity contribution in [2.24, 2.45) is 0 Å². The number of imide groups is 1. The standard InChI is InChI=1S/C23H22N2O7S/c1-13-7-8-16(14(2)9-13)24-19(26)11-25-22(29)18(33-23(25)30)10-15-5-4-6-17(31-3)21(15)32-12-20(27)28/h4-10H,11-12H2,1-3H3,(H,24,26)(H,27,28)/b18-10+. The number of carbonyl (C=O) groups is 4. The third-order valence-electron chi connectivity index (χ3n) is 4.69. The number of carbonyl (C=O) groups excluding carboxylic acids is 3. The highest BCUT2D eigenvalue weighted by Crippen LogP contribution is 2.37. The monoisotopic (exact) mass is 470 g/mol. The number of methoxy groups -OCH3 is 1. The molecule has 1 aliphatic rings. The second-order valence-electron chi connectivity index (χ2n) is 7.20. The van der Waals surface area contributed by atoms with E-state index in [0.29, 0.717) is 23.0 Å². The molecule has 10 heteroatoms. The fourth-order valence-corrected chi connectivity index (χ4v) is 3.99. The average Bonchev–Trinajstić information content (AvgIpc) is 3.01. The molecular weight excluding hydrogens is 448 g/mol. The number of amides is 3. The number of hydrogen-bond donors (Lipinski definition) is 2. The molecule has 33 heavy (non-hydrogen) atoms. The van der Waals surface area contributed by atoms with E-state index >= 15 is 0 Å². The summed E-state index contributed by atoms with van der Waals surface area (Å²) in [4.78, 5) is 49.6. The first-order valence-electron chi connectivity index (χ1n) is 9.83. The summed E-state index contributed by atoms with van der Waals surface area (Å²) >= 11 is 0.682. The first kappa shape index (κ1) is 23.9. The molecule has 0 radical (unpaired) electrons. The van der Waals surface area contributed by atoms with Crippen molar-refractivity contribution >= 4 is 46.5 Å². The Balaban J connectivity index is 1.78. The van der Waals surface area contributed by atoms with Gasteiger partial charge in [0.2, 0.25) is 5.91 Å². The average molecular weight is 471 g/mol. The quantitative estimate of drug-likeness (QED) is 0.563. The van der Waals surface area contributed by atoms with Gasteiger partial charge < -0.3 is 19.9 Å². The van der Waals surface area contributed by atoms with Crippen LogP contribution in [-0.4, -0.2) is 53.3 Å². The maximum Gasteiger partial charge on any atom is 0.341 e. The van der Waals surface area contributed by atoms with Gasteiger partial charge in [0, 0.05) is 11.3 Å². The highest BCUT2D eigenvalue weighted by Gasteiger charge is 2.36. The van der Waals surface area contributed by atoms with Crippen molar-refractivity contribution in [1.82, 2.24) is 4.90 Å². The third kappa shape index (κ3) is 5.72. The molecule has 0 aliphatic carbocycles. The largest absolute Gasteiger partial charge is 0.493 e. The van der Waals surface area contributed by atoms with Gasteiger partial charge in [-0.05, 0) is 49.4 Å². The zero-order valence-corrected chi connectivity index (χ0v) is 19.0. The lowest BCUT2D eigenvalue weighted by molar-refractivity contribution is -0.139. The summed E-state index contributed by atoms with van der Waals surface area (Å²) < 4.78 is 10.5. The van der Waals surface area contributed by atoms with E-state index in [4.69, 9.17) is 14.6 Å². The van der Waals surface area contributed by atoms with Gasteiger partial charge >= 0.3 is 5.97 Å². The molecule has 9 nitrogen and oxygen atoms in total. The molecule has 2 N–H and O–H groups in total. The van der Waals surface area contributed by atoms with E-state index in [-0.39, 0.29) is 16.4 Å². The number of carboxylic acids is 1. The van der Waals surface area contributed by atoms with E-state index in [1.54, 1.807) is 24.3 Å². The molecule has 0 aromatic heterocycles. The van der Waals surface area contributed by atoms with E-state index in [1.165, 1.54) is 13.2 Å². The zero-order valence-electron chi connectivity index (χ0n) is 18.2. The van der Waals surface area contributed by atoms with Crippen molar-refractivity contribution in [1.29, 1.82) is 0 Å². The van der Waals surface area contributed by atoms with Gasteiger partial charge in [-0.25, -0.2) is 4.79 Å². The molecule has 0 spiro atoms. The number of rotatable bonds is 8. The lowest BCUT2D eigenvalue weighted by Crippen LogP contribution is -2.36. The highest BCUT2D eigenvalue weighted by molar-refractivity contribution is 8.18. The molecule has 0 saturated carbocycles. The Bertz CT molecular complexity index is 1160. The first-order chi connectivity index (χ1) is 15.7. The minimum Gasteiger partial charge on any atom is -0.493 e. The van der Waals surface area contributed by atoms with Gasteiger partial charge in [-0.1, -0.05) is 29.8 Å². The number of aryl methyl sites for hydroxylation is 2. The number of aliphatic carboxylic acids is 1.